The summed E-state index contributed by atoms with van der Waals surface area (Å²) in [6.07, 6.45) is 0. The van der Waals surface area contributed by atoms with Gasteiger partial charge in [-0.2, -0.15) is 0 Å². The molecule has 0 saturated heterocycles. The molecular formula is C11H16N2O5. The Balaban J connectivity index is 2.91. The first-order valence-electron chi connectivity index (χ1n) is 5.29. The highest BCUT2D eigenvalue weighted by Crippen LogP contribution is 2.29. The first-order valence-corrected chi connectivity index (χ1v) is 5.29. The fourth-order valence-corrected chi connectivity index (χ4v) is 1.28. The van der Waals surface area contributed by atoms with Gasteiger partial charge >= 0.3 is 0 Å². The van der Waals surface area contributed by atoms with Gasteiger partial charge in [-0.05, 0) is 19.1 Å². The Morgan fingerprint density at radius 3 is 2.72 bits per heavy atom. The Hall–Kier alpha value is -1.86. The second-order valence-electron chi connectivity index (χ2n) is 4.15. The molecule has 1 unspecified atom stereocenters. The van der Waals surface area contributed by atoms with Crippen LogP contribution in [0.15, 0.2) is 18.2 Å². The Bertz CT molecular complexity index is 433. The number of nitro benzene ring substituents is 1. The van der Waals surface area contributed by atoms with Gasteiger partial charge in [0.25, 0.3) is 5.69 Å². The number of benzene rings is 1. The van der Waals surface area contributed by atoms with Crippen LogP contribution < -0.4 is 10.1 Å². The van der Waals surface area contributed by atoms with E-state index in [0.29, 0.717) is 5.75 Å². The average molecular weight is 256 g/mol. The van der Waals surface area contributed by atoms with Gasteiger partial charge in [0.1, 0.15) is 17.0 Å². The molecule has 1 rings (SSSR count). The number of nitrogens with one attached hydrogen (secondary N) is 1. The third-order valence-corrected chi connectivity index (χ3v) is 2.40. The predicted molar refractivity (Wildman–Crippen MR) is 65.8 cm³/mol. The van der Waals surface area contributed by atoms with E-state index in [4.69, 9.17) is 9.84 Å². The van der Waals surface area contributed by atoms with Crippen molar-refractivity contribution in [1.82, 2.24) is 0 Å². The number of methoxy groups -OCH3 is 1. The number of nitrogens with zero attached hydrogens (tertiary/aromatic N) is 1. The quantitative estimate of drug-likeness (QED) is 0.512. The maximum absolute atomic E-state index is 10.9. The zero-order valence-electron chi connectivity index (χ0n) is 10.2. The van der Waals surface area contributed by atoms with Crippen molar-refractivity contribution in [3.05, 3.63) is 28.3 Å². The third kappa shape index (κ3) is 3.57. The molecule has 7 nitrogen and oxygen atoms in total. The average Bonchev–Trinajstić information content (AvgIpc) is 2.36. The number of aliphatic hydroxyl groups is 2. The summed E-state index contributed by atoms with van der Waals surface area (Å²) in [5.41, 5.74) is -1.23. The molecule has 7 heteroatoms. The van der Waals surface area contributed by atoms with Crippen molar-refractivity contribution in [3.8, 4) is 5.75 Å². The van der Waals surface area contributed by atoms with E-state index in [-0.39, 0.29) is 17.9 Å². The number of rotatable bonds is 6. The molecule has 0 aliphatic rings. The largest absolute Gasteiger partial charge is 0.496 e. The highest BCUT2D eigenvalue weighted by Gasteiger charge is 2.21. The Labute approximate surface area is 104 Å². The molecular weight excluding hydrogens is 240 g/mol. The van der Waals surface area contributed by atoms with Crippen molar-refractivity contribution < 1.29 is 19.9 Å². The van der Waals surface area contributed by atoms with Gasteiger partial charge < -0.3 is 20.3 Å². The predicted octanol–water partition coefficient (Wildman–Crippen LogP) is 0.759. The Morgan fingerprint density at radius 2 is 2.22 bits per heavy atom. The van der Waals surface area contributed by atoms with E-state index >= 15 is 0 Å². The van der Waals surface area contributed by atoms with Gasteiger partial charge in [0.15, 0.2) is 0 Å². The summed E-state index contributed by atoms with van der Waals surface area (Å²) in [5.74, 6) is 0.376. The summed E-state index contributed by atoms with van der Waals surface area (Å²) in [4.78, 5) is 10.3. The molecule has 0 spiro atoms. The van der Waals surface area contributed by atoms with Crippen molar-refractivity contribution in [2.24, 2.45) is 0 Å². The van der Waals surface area contributed by atoms with Crippen LogP contribution in [0.5, 0.6) is 5.75 Å². The minimum absolute atomic E-state index is 0.00330. The molecule has 0 aliphatic heterocycles. The molecule has 18 heavy (non-hydrogen) atoms. The van der Waals surface area contributed by atoms with E-state index in [0.717, 1.165) is 0 Å². The fourth-order valence-electron chi connectivity index (χ4n) is 1.28. The molecule has 0 aliphatic carbocycles. The van der Waals surface area contributed by atoms with Gasteiger partial charge in [0, 0.05) is 6.54 Å². The number of anilines is 1. The van der Waals surface area contributed by atoms with Crippen LogP contribution in [0.2, 0.25) is 0 Å². The lowest BCUT2D eigenvalue weighted by molar-refractivity contribution is -0.384. The van der Waals surface area contributed by atoms with Gasteiger partial charge in [-0.3, -0.25) is 10.1 Å². The zero-order valence-corrected chi connectivity index (χ0v) is 10.2. The molecule has 3 N–H and O–H groups in total. The molecule has 0 saturated carbocycles. The van der Waals surface area contributed by atoms with Crippen molar-refractivity contribution >= 4 is 11.4 Å². The van der Waals surface area contributed by atoms with Crippen LogP contribution in [0.25, 0.3) is 0 Å². The topological polar surface area (TPSA) is 105 Å². The molecule has 0 aromatic heterocycles. The Morgan fingerprint density at radius 1 is 1.56 bits per heavy atom. The highest BCUT2D eigenvalue weighted by atomic mass is 16.6. The zero-order chi connectivity index (χ0) is 13.8. The molecule has 0 bridgehead atoms. The van der Waals surface area contributed by atoms with Gasteiger partial charge in [-0.25, -0.2) is 0 Å². The minimum atomic E-state index is -1.34. The summed E-state index contributed by atoms with van der Waals surface area (Å²) in [7, 11) is 1.42. The van der Waals surface area contributed by atoms with Gasteiger partial charge in [-0.15, -0.1) is 0 Å². The molecule has 1 aromatic carbocycles. The maximum Gasteiger partial charge on any atom is 0.296 e. The smallest absolute Gasteiger partial charge is 0.296 e. The molecule has 100 valence electrons. The van der Waals surface area contributed by atoms with Crippen molar-refractivity contribution in [2.75, 3.05) is 25.6 Å². The van der Waals surface area contributed by atoms with Crippen molar-refractivity contribution in [3.63, 3.8) is 0 Å². The van der Waals surface area contributed by atoms with Gasteiger partial charge in [0.05, 0.1) is 24.7 Å². The van der Waals surface area contributed by atoms with E-state index in [2.05, 4.69) is 5.32 Å². The standard InChI is InChI=1S/C11H16N2O5/c1-11(15,7-14)6-12-9-4-3-8(18-2)5-10(9)13(16)17/h3-5,12,14-15H,6-7H2,1-2H3. The summed E-state index contributed by atoms with van der Waals surface area (Å²) in [6.45, 7) is 0.982. The van der Waals surface area contributed by atoms with E-state index in [1.165, 1.54) is 26.2 Å². The monoisotopic (exact) mass is 256 g/mol. The lowest BCUT2D eigenvalue weighted by Crippen LogP contribution is -2.37. The van der Waals surface area contributed by atoms with Crippen molar-refractivity contribution in [2.45, 2.75) is 12.5 Å². The normalized spacial score (nSPS) is 13.8. The van der Waals surface area contributed by atoms with Crippen LogP contribution >= 0.6 is 0 Å². The number of aliphatic hydroxyl groups excluding tert-OH is 1. The van der Waals surface area contributed by atoms with E-state index in [9.17, 15) is 15.2 Å². The van der Waals surface area contributed by atoms with E-state index < -0.39 is 17.1 Å². The summed E-state index contributed by atoms with van der Waals surface area (Å²) in [5, 5.41) is 32.1. The van der Waals surface area contributed by atoms with Crippen LogP contribution in [-0.2, 0) is 0 Å². The van der Waals surface area contributed by atoms with Crippen LogP contribution in [-0.4, -0.2) is 41.0 Å². The summed E-state index contributed by atoms with van der Waals surface area (Å²) in [6, 6.07) is 4.35. The first kappa shape index (κ1) is 14.2. The van der Waals surface area contributed by atoms with Crippen LogP contribution in [0.3, 0.4) is 0 Å². The second kappa shape index (κ2) is 5.65. The molecule has 0 heterocycles. The van der Waals surface area contributed by atoms with Crippen LogP contribution in [0.4, 0.5) is 11.4 Å². The highest BCUT2D eigenvalue weighted by molar-refractivity contribution is 5.64. The van der Waals surface area contributed by atoms with Crippen LogP contribution in [0.1, 0.15) is 6.92 Å². The minimum Gasteiger partial charge on any atom is -0.496 e. The Kier molecular flexibility index (Phi) is 4.46. The van der Waals surface area contributed by atoms with Crippen LogP contribution in [0, 0.1) is 10.1 Å². The lowest BCUT2D eigenvalue weighted by Gasteiger charge is -2.21. The SMILES string of the molecule is COc1ccc(NCC(C)(O)CO)c([N+](=O)[O-])c1. The lowest BCUT2D eigenvalue weighted by atomic mass is 10.1. The number of nitro groups is 1. The second-order valence-corrected chi connectivity index (χ2v) is 4.15. The third-order valence-electron chi connectivity index (χ3n) is 2.40. The molecule has 0 fully saturated rings. The summed E-state index contributed by atoms with van der Waals surface area (Å²) >= 11 is 0. The molecule has 1 atom stereocenters. The number of ether oxygens (including phenoxy) is 1. The van der Waals surface area contributed by atoms with E-state index in [1.54, 1.807) is 6.07 Å². The number of hydrogen-bond donors (Lipinski definition) is 3. The van der Waals surface area contributed by atoms with Crippen molar-refractivity contribution in [1.29, 1.82) is 0 Å². The summed E-state index contributed by atoms with van der Waals surface area (Å²) < 4.78 is 4.90. The maximum atomic E-state index is 10.9. The molecule has 0 radical (unpaired) electrons. The fraction of sp³-hybridized carbons (Fsp3) is 0.455. The first-order chi connectivity index (χ1) is 8.39. The number of hydrogen-bond acceptors (Lipinski definition) is 6. The van der Waals surface area contributed by atoms with Gasteiger partial charge in [0.2, 0.25) is 0 Å². The van der Waals surface area contributed by atoms with Gasteiger partial charge in [-0.1, -0.05) is 0 Å². The van der Waals surface area contributed by atoms with E-state index in [1.807, 2.05) is 0 Å². The molecule has 0 amide bonds. The molecule has 1 aromatic rings.